The molecule has 1 unspecified atom stereocenters. The first kappa shape index (κ1) is 32.6. The van der Waals surface area contributed by atoms with Gasteiger partial charge in [-0.15, -0.1) is 10.2 Å². The molecule has 1 N–H and O–H groups in total. The van der Waals surface area contributed by atoms with Crippen molar-refractivity contribution in [2.24, 2.45) is 11.3 Å². The Labute approximate surface area is 255 Å². The maximum atomic E-state index is 14.3. The van der Waals surface area contributed by atoms with E-state index in [2.05, 4.69) is 58.0 Å². The lowest BCUT2D eigenvalue weighted by Gasteiger charge is -2.53. The van der Waals surface area contributed by atoms with E-state index in [-0.39, 0.29) is 46.0 Å². The Kier molecular flexibility index (Phi) is 9.93. The molecule has 43 heavy (non-hydrogen) atoms. The molecule has 2 fully saturated rings. The highest BCUT2D eigenvalue weighted by Gasteiger charge is 2.50. The zero-order chi connectivity index (χ0) is 31.5. The smallest absolute Gasteiger partial charge is 0.282 e. The Morgan fingerprint density at radius 3 is 2.53 bits per heavy atom. The minimum Gasteiger partial charge on any atom is -0.434 e. The summed E-state index contributed by atoms with van der Waals surface area (Å²) in [6, 6.07) is 4.34. The predicted octanol–water partition coefficient (Wildman–Crippen LogP) is 4.91. The minimum absolute atomic E-state index is 0.00310. The van der Waals surface area contributed by atoms with Crippen molar-refractivity contribution < 1.29 is 18.7 Å². The van der Waals surface area contributed by atoms with Crippen molar-refractivity contribution in [3.63, 3.8) is 0 Å². The van der Waals surface area contributed by atoms with E-state index >= 15 is 0 Å². The van der Waals surface area contributed by atoms with Crippen molar-refractivity contribution in [2.45, 2.75) is 92.3 Å². The molecule has 10 nitrogen and oxygen atoms in total. The van der Waals surface area contributed by atoms with Crippen LogP contribution in [0.2, 0.25) is 0 Å². The summed E-state index contributed by atoms with van der Waals surface area (Å²) >= 11 is 0. The predicted molar refractivity (Wildman–Crippen MR) is 165 cm³/mol. The van der Waals surface area contributed by atoms with Crippen molar-refractivity contribution in [2.75, 3.05) is 37.6 Å². The van der Waals surface area contributed by atoms with Gasteiger partial charge in [0.2, 0.25) is 5.91 Å². The molecule has 0 aliphatic carbocycles. The summed E-state index contributed by atoms with van der Waals surface area (Å²) in [7, 11) is 0. The van der Waals surface area contributed by atoms with Gasteiger partial charge in [0.15, 0.2) is 5.82 Å². The van der Waals surface area contributed by atoms with Gasteiger partial charge in [-0.2, -0.15) is 0 Å². The first-order chi connectivity index (χ1) is 20.2. The van der Waals surface area contributed by atoms with Crippen molar-refractivity contribution in [1.29, 1.82) is 0 Å². The van der Waals surface area contributed by atoms with Gasteiger partial charge in [0.1, 0.15) is 17.9 Å². The highest BCUT2D eigenvalue weighted by Crippen LogP contribution is 2.45. The molecule has 3 heterocycles. The number of hydrogen-bond donors (Lipinski definition) is 1. The normalized spacial score (nSPS) is 17.3. The van der Waals surface area contributed by atoms with E-state index in [1.54, 1.807) is 11.8 Å². The van der Waals surface area contributed by atoms with Gasteiger partial charge in [-0.1, -0.05) is 13.8 Å². The zero-order valence-electron chi connectivity index (χ0n) is 27.0. The van der Waals surface area contributed by atoms with Crippen LogP contribution in [0.5, 0.6) is 11.6 Å². The Morgan fingerprint density at radius 2 is 1.91 bits per heavy atom. The third kappa shape index (κ3) is 7.60. The number of hydrogen-bond acceptors (Lipinski definition) is 8. The third-order valence-corrected chi connectivity index (χ3v) is 8.81. The molecule has 1 atom stereocenters. The fraction of sp³-hybridized carbons (Fsp3) is 0.656. The number of nitrogens with zero attached hydrogens (tertiary/aromatic N) is 6. The Bertz CT molecular complexity index is 1300. The number of carbonyl (C=O) groups excluding carboxylic acids is 2. The monoisotopic (exact) mass is 597 g/mol. The number of carbonyl (C=O) groups is 2. The largest absolute Gasteiger partial charge is 0.434 e. The molecule has 1 spiro atoms. The number of ether oxygens (including phenoxy) is 1. The molecule has 2 amide bonds. The molecular weight excluding hydrogens is 549 g/mol. The molecule has 0 radical (unpaired) electrons. The molecule has 2 saturated heterocycles. The number of rotatable bonds is 12. The highest BCUT2D eigenvalue weighted by molar-refractivity contribution is 5.97. The van der Waals surface area contributed by atoms with E-state index in [0.717, 1.165) is 45.4 Å². The topological polar surface area (TPSA) is 104 Å². The molecule has 0 bridgehead atoms. The van der Waals surface area contributed by atoms with E-state index in [4.69, 9.17) is 4.74 Å². The quantitative estimate of drug-likeness (QED) is 0.368. The van der Waals surface area contributed by atoms with Crippen molar-refractivity contribution in [3.05, 3.63) is 35.9 Å². The van der Waals surface area contributed by atoms with Crippen LogP contribution in [0.1, 0.15) is 85.0 Å². The molecule has 4 rings (SSSR count). The van der Waals surface area contributed by atoms with Crippen molar-refractivity contribution in [1.82, 2.24) is 30.3 Å². The molecule has 2 aromatic rings. The van der Waals surface area contributed by atoms with Crippen LogP contribution in [0.15, 0.2) is 24.5 Å². The second-order valence-electron chi connectivity index (χ2n) is 13.5. The number of halogens is 1. The summed E-state index contributed by atoms with van der Waals surface area (Å²) in [5, 5.41) is 11.3. The first-order valence-corrected chi connectivity index (χ1v) is 15.5. The summed E-state index contributed by atoms with van der Waals surface area (Å²) in [5.41, 5.74) is 0.0557. The third-order valence-electron chi connectivity index (χ3n) is 8.81. The molecule has 2 aliphatic heterocycles. The van der Waals surface area contributed by atoms with Crippen molar-refractivity contribution >= 4 is 17.6 Å². The number of nitrogens with one attached hydrogen (secondary N) is 1. The van der Waals surface area contributed by atoms with Crippen LogP contribution in [-0.2, 0) is 4.79 Å². The number of amides is 2. The van der Waals surface area contributed by atoms with E-state index < -0.39 is 5.82 Å². The highest BCUT2D eigenvalue weighted by atomic mass is 19.1. The van der Waals surface area contributed by atoms with Gasteiger partial charge in [-0.3, -0.25) is 14.5 Å². The van der Waals surface area contributed by atoms with Crippen molar-refractivity contribution in [3.8, 4) is 11.6 Å². The van der Waals surface area contributed by atoms with Gasteiger partial charge in [0, 0.05) is 62.7 Å². The summed E-state index contributed by atoms with van der Waals surface area (Å²) < 4.78 is 20.4. The molecule has 1 aromatic carbocycles. The molecule has 236 valence electrons. The number of aromatic nitrogens is 3. The molecule has 1 aromatic heterocycles. The van der Waals surface area contributed by atoms with Crippen LogP contribution >= 0.6 is 0 Å². The summed E-state index contributed by atoms with van der Waals surface area (Å²) in [6.45, 7) is 20.1. The number of likely N-dealkylation sites (tertiary alicyclic amines) is 1. The van der Waals surface area contributed by atoms with Crippen LogP contribution in [-0.4, -0.2) is 87.1 Å². The van der Waals surface area contributed by atoms with E-state index in [1.165, 1.54) is 24.5 Å². The first-order valence-electron chi connectivity index (χ1n) is 15.5. The lowest BCUT2D eigenvalue weighted by atomic mass is 9.76. The average molecular weight is 598 g/mol. The Balaban J connectivity index is 1.46. The van der Waals surface area contributed by atoms with E-state index in [9.17, 15) is 14.0 Å². The van der Waals surface area contributed by atoms with Crippen LogP contribution < -0.4 is 15.0 Å². The maximum absolute atomic E-state index is 14.3. The lowest BCUT2D eigenvalue weighted by Crippen LogP contribution is -2.62. The van der Waals surface area contributed by atoms with Gasteiger partial charge >= 0.3 is 0 Å². The minimum atomic E-state index is -0.512. The fourth-order valence-electron chi connectivity index (χ4n) is 6.71. The molecule has 2 aliphatic rings. The lowest BCUT2D eigenvalue weighted by molar-refractivity contribution is -0.120. The zero-order valence-corrected chi connectivity index (χ0v) is 27.0. The number of anilines is 1. The van der Waals surface area contributed by atoms with Crippen LogP contribution in [0.3, 0.4) is 0 Å². The van der Waals surface area contributed by atoms with E-state index in [0.29, 0.717) is 24.3 Å². The SMILES string of the molecule is CCN(C(=O)c1cc(F)ccc1Oc1nncnc1N1CCC2(C1)CN(C(CCC(C)(C)NC(C)=O)C(C)C)C2)C(C)C. The fourth-order valence-corrected chi connectivity index (χ4v) is 6.71. The second-order valence-corrected chi connectivity index (χ2v) is 13.5. The van der Waals surface area contributed by atoms with Gasteiger partial charge < -0.3 is 19.9 Å². The molecular formula is C32H48FN7O3. The van der Waals surface area contributed by atoms with Crippen LogP contribution in [0.4, 0.5) is 10.2 Å². The summed E-state index contributed by atoms with van der Waals surface area (Å²) in [6.07, 6.45) is 4.36. The summed E-state index contributed by atoms with van der Waals surface area (Å²) in [4.78, 5) is 35.9. The van der Waals surface area contributed by atoms with Crippen LogP contribution in [0.25, 0.3) is 0 Å². The number of benzene rings is 1. The van der Waals surface area contributed by atoms with Gasteiger partial charge in [0.05, 0.1) is 5.56 Å². The average Bonchev–Trinajstić information content (AvgIpc) is 3.34. The Morgan fingerprint density at radius 1 is 1.19 bits per heavy atom. The van der Waals surface area contributed by atoms with Gasteiger partial charge in [-0.05, 0) is 78.0 Å². The Hall–Kier alpha value is -3.34. The summed E-state index contributed by atoms with van der Waals surface area (Å²) in [5.74, 6) is 0.678. The standard InChI is InChI=1S/C32H48FN7O3/c1-9-40(22(4)5)30(42)25-16-24(33)10-11-27(25)43-29-28(34-20-35-37-29)38-15-14-32(17-38)18-39(19-32)26(21(2)3)12-13-31(7,8)36-23(6)41/h10-11,16,20-22,26H,9,12-15,17-19H2,1-8H3,(H,36,41). The van der Waals surface area contributed by atoms with Crippen LogP contribution in [0, 0.1) is 17.2 Å². The van der Waals surface area contributed by atoms with E-state index in [1.807, 2.05) is 20.8 Å². The van der Waals surface area contributed by atoms with Gasteiger partial charge in [0.25, 0.3) is 11.8 Å². The molecule has 11 heteroatoms. The second kappa shape index (κ2) is 13.1. The maximum Gasteiger partial charge on any atom is 0.282 e. The van der Waals surface area contributed by atoms with Gasteiger partial charge in [-0.25, -0.2) is 9.37 Å². The molecule has 0 saturated carbocycles.